The number of hydrogen-bond acceptors (Lipinski definition) is 3. The molecular weight excluding hydrogens is 368 g/mol. The number of fused-ring (bicyclic) bond motifs is 1. The van der Waals surface area contributed by atoms with E-state index in [1.54, 1.807) is 0 Å². The van der Waals surface area contributed by atoms with Gasteiger partial charge in [0.1, 0.15) is 0 Å². The molecule has 0 saturated heterocycles. The van der Waals surface area contributed by atoms with E-state index in [1.165, 1.54) is 38.1 Å². The van der Waals surface area contributed by atoms with Gasteiger partial charge in [0.25, 0.3) is 11.8 Å². The van der Waals surface area contributed by atoms with Gasteiger partial charge in [-0.05, 0) is 24.6 Å². The van der Waals surface area contributed by atoms with Crippen LogP contribution in [0.2, 0.25) is 0 Å². The van der Waals surface area contributed by atoms with E-state index >= 15 is 0 Å². The van der Waals surface area contributed by atoms with E-state index in [4.69, 9.17) is 0 Å². The van der Waals surface area contributed by atoms with E-state index in [1.807, 2.05) is 0 Å². The van der Waals surface area contributed by atoms with Crippen molar-refractivity contribution >= 4 is 23.4 Å². The Morgan fingerprint density at radius 2 is 1.33 bits per heavy atom. The average molecular weight is 380 g/mol. The lowest BCUT2D eigenvalue weighted by atomic mass is 10.1. The number of nitrogens with one attached hydrogen (secondary N) is 1. The van der Waals surface area contributed by atoms with E-state index in [9.17, 15) is 31.9 Å². The van der Waals surface area contributed by atoms with Crippen LogP contribution in [0, 0.1) is 23.3 Å². The van der Waals surface area contributed by atoms with Crippen molar-refractivity contribution in [3.63, 3.8) is 0 Å². The number of nitrogens with zero attached hydrogens (tertiary/aromatic N) is 1. The highest BCUT2D eigenvalue weighted by atomic mass is 19.2. The molecule has 140 valence electrons. The molecule has 27 heavy (non-hydrogen) atoms. The van der Waals surface area contributed by atoms with Gasteiger partial charge in [-0.3, -0.25) is 19.3 Å². The molecule has 1 aliphatic heterocycles. The molecular formula is C18H12F4N2O3. The Hall–Kier alpha value is -3.23. The third-order valence-electron chi connectivity index (χ3n) is 4.23. The molecule has 0 bridgehead atoms. The first-order chi connectivity index (χ1) is 12.6. The second-order valence-electron chi connectivity index (χ2n) is 5.97. The van der Waals surface area contributed by atoms with Gasteiger partial charge in [-0.2, -0.15) is 0 Å². The highest BCUT2D eigenvalue weighted by Crippen LogP contribution is 2.36. The van der Waals surface area contributed by atoms with E-state index in [0.717, 1.165) is 0 Å². The van der Waals surface area contributed by atoms with Crippen LogP contribution < -0.4 is 5.32 Å². The van der Waals surface area contributed by atoms with Crippen molar-refractivity contribution < 1.29 is 31.9 Å². The summed E-state index contributed by atoms with van der Waals surface area (Å²) in [7, 11) is 0. The Kier molecular flexibility index (Phi) is 4.46. The standard InChI is InChI=1S/C18H12F4N2O3/c1-7(9-3-5-10(6-4-9)23-8(2)25)24-17(26)11-12(18(24)27)14(20)16(22)15(21)13(11)19/h3-7H,1-2H3,(H,23,25)/t7-/m0/s1. The second-order valence-corrected chi connectivity index (χ2v) is 5.97. The van der Waals surface area contributed by atoms with Crippen molar-refractivity contribution in [2.24, 2.45) is 0 Å². The molecule has 3 amide bonds. The van der Waals surface area contributed by atoms with Gasteiger partial charge >= 0.3 is 0 Å². The molecule has 0 radical (unpaired) electrons. The molecule has 5 nitrogen and oxygen atoms in total. The molecule has 0 saturated carbocycles. The molecule has 9 heteroatoms. The van der Waals surface area contributed by atoms with Crippen molar-refractivity contribution in [1.82, 2.24) is 4.90 Å². The summed E-state index contributed by atoms with van der Waals surface area (Å²) in [6.45, 7) is 2.73. The molecule has 0 unspecified atom stereocenters. The molecule has 1 heterocycles. The summed E-state index contributed by atoms with van der Waals surface area (Å²) in [4.78, 5) is 36.4. The Morgan fingerprint density at radius 3 is 1.74 bits per heavy atom. The molecule has 3 rings (SSSR count). The van der Waals surface area contributed by atoms with Crippen LogP contribution in [0.1, 0.15) is 46.2 Å². The SMILES string of the molecule is CC(=O)Nc1ccc([C@H](C)N2C(=O)c3c(F)c(F)c(F)c(F)c3C2=O)cc1. The van der Waals surface area contributed by atoms with Crippen LogP contribution in [0.5, 0.6) is 0 Å². The van der Waals surface area contributed by atoms with E-state index in [0.29, 0.717) is 16.2 Å². The fourth-order valence-corrected chi connectivity index (χ4v) is 2.92. The van der Waals surface area contributed by atoms with Crippen LogP contribution in [0.3, 0.4) is 0 Å². The van der Waals surface area contributed by atoms with Crippen molar-refractivity contribution in [1.29, 1.82) is 0 Å². The lowest BCUT2D eigenvalue weighted by Crippen LogP contribution is -2.32. The monoisotopic (exact) mass is 380 g/mol. The van der Waals surface area contributed by atoms with Crippen molar-refractivity contribution in [2.45, 2.75) is 19.9 Å². The van der Waals surface area contributed by atoms with Gasteiger partial charge in [0.2, 0.25) is 5.91 Å². The number of halogens is 4. The summed E-state index contributed by atoms with van der Waals surface area (Å²) < 4.78 is 54.8. The van der Waals surface area contributed by atoms with Gasteiger partial charge in [-0.25, -0.2) is 17.6 Å². The maximum Gasteiger partial charge on any atom is 0.265 e. The zero-order chi connectivity index (χ0) is 20.0. The van der Waals surface area contributed by atoms with Crippen molar-refractivity contribution in [2.75, 3.05) is 5.32 Å². The summed E-state index contributed by atoms with van der Waals surface area (Å²) in [6, 6.07) is 5.02. The predicted molar refractivity (Wildman–Crippen MR) is 85.9 cm³/mol. The summed E-state index contributed by atoms with van der Waals surface area (Å²) in [5, 5.41) is 2.53. The minimum atomic E-state index is -2.15. The molecule has 1 atom stereocenters. The van der Waals surface area contributed by atoms with Gasteiger partial charge in [0.15, 0.2) is 23.3 Å². The fraction of sp³-hybridized carbons (Fsp3) is 0.167. The minimum absolute atomic E-state index is 0.300. The van der Waals surface area contributed by atoms with Crippen LogP contribution >= 0.6 is 0 Å². The molecule has 0 aliphatic carbocycles. The van der Waals surface area contributed by atoms with Crippen molar-refractivity contribution in [3.8, 4) is 0 Å². The number of carbonyl (C=O) groups is 3. The highest BCUT2D eigenvalue weighted by Gasteiger charge is 2.45. The summed E-state index contributed by atoms with van der Waals surface area (Å²) >= 11 is 0. The van der Waals surface area contributed by atoms with Crippen LogP contribution in [0.25, 0.3) is 0 Å². The lowest BCUT2D eigenvalue weighted by molar-refractivity contribution is -0.114. The molecule has 1 aliphatic rings. The number of rotatable bonds is 3. The van der Waals surface area contributed by atoms with Gasteiger partial charge in [-0.1, -0.05) is 12.1 Å². The average Bonchev–Trinajstić information content (AvgIpc) is 2.88. The van der Waals surface area contributed by atoms with Gasteiger partial charge in [0.05, 0.1) is 17.2 Å². The molecule has 0 fully saturated rings. The van der Waals surface area contributed by atoms with E-state index < -0.39 is 52.3 Å². The Balaban J connectivity index is 2.00. The van der Waals surface area contributed by atoms with Crippen LogP contribution in [-0.4, -0.2) is 22.6 Å². The third-order valence-corrected chi connectivity index (χ3v) is 4.23. The number of anilines is 1. The first kappa shape index (κ1) is 18.6. The Labute approximate surface area is 150 Å². The number of benzene rings is 2. The topological polar surface area (TPSA) is 66.5 Å². The number of hydrogen-bond donors (Lipinski definition) is 1. The molecule has 2 aromatic rings. The zero-order valence-electron chi connectivity index (χ0n) is 14.1. The first-order valence-corrected chi connectivity index (χ1v) is 7.76. The van der Waals surface area contributed by atoms with Gasteiger partial charge in [-0.15, -0.1) is 0 Å². The normalized spacial score (nSPS) is 14.4. The van der Waals surface area contributed by atoms with Crippen molar-refractivity contribution in [3.05, 3.63) is 64.2 Å². The smallest absolute Gasteiger partial charge is 0.265 e. The predicted octanol–water partition coefficient (Wildman–Crippen LogP) is 3.56. The largest absolute Gasteiger partial charge is 0.326 e. The van der Waals surface area contributed by atoms with E-state index in [-0.39, 0.29) is 5.91 Å². The van der Waals surface area contributed by atoms with Crippen LogP contribution in [0.15, 0.2) is 24.3 Å². The van der Waals surface area contributed by atoms with Gasteiger partial charge < -0.3 is 5.32 Å². The molecule has 0 spiro atoms. The first-order valence-electron chi connectivity index (χ1n) is 7.76. The Morgan fingerprint density at radius 1 is 0.889 bits per heavy atom. The fourth-order valence-electron chi connectivity index (χ4n) is 2.92. The lowest BCUT2D eigenvalue weighted by Gasteiger charge is -2.23. The maximum absolute atomic E-state index is 14.0. The molecule has 1 N–H and O–H groups in total. The quantitative estimate of drug-likeness (QED) is 0.383. The third kappa shape index (κ3) is 2.84. The summed E-state index contributed by atoms with van der Waals surface area (Å²) in [6.07, 6.45) is 0. The zero-order valence-corrected chi connectivity index (χ0v) is 14.1. The summed E-state index contributed by atoms with van der Waals surface area (Å²) in [5.74, 6) is -10.9. The number of carbonyl (C=O) groups excluding carboxylic acids is 3. The highest BCUT2D eigenvalue weighted by molar-refractivity contribution is 6.21. The van der Waals surface area contributed by atoms with Gasteiger partial charge in [0, 0.05) is 12.6 Å². The molecule has 2 aromatic carbocycles. The molecule has 0 aromatic heterocycles. The second kappa shape index (κ2) is 6.49. The van der Waals surface area contributed by atoms with Crippen LogP contribution in [0.4, 0.5) is 23.2 Å². The maximum atomic E-state index is 14.0. The van der Waals surface area contributed by atoms with Crippen LogP contribution in [-0.2, 0) is 4.79 Å². The van der Waals surface area contributed by atoms with E-state index in [2.05, 4.69) is 5.32 Å². The number of amides is 3. The Bertz CT molecular complexity index is 942. The summed E-state index contributed by atoms with van der Waals surface area (Å²) in [5.41, 5.74) is -1.39. The minimum Gasteiger partial charge on any atom is -0.326 e. The number of imide groups is 1.